The van der Waals surface area contributed by atoms with E-state index in [0.717, 1.165) is 18.5 Å². The van der Waals surface area contributed by atoms with Gasteiger partial charge in [-0.05, 0) is 31.2 Å². The average Bonchev–Trinajstić information content (AvgIpc) is 2.49. The van der Waals surface area contributed by atoms with Crippen molar-refractivity contribution in [1.82, 2.24) is 4.90 Å². The summed E-state index contributed by atoms with van der Waals surface area (Å²) in [6.45, 7) is 1.02. The highest BCUT2D eigenvalue weighted by molar-refractivity contribution is 5.22. The van der Waals surface area contributed by atoms with Crippen LogP contribution in [0.5, 0.6) is 0 Å². The third kappa shape index (κ3) is 1.65. The molecule has 1 aliphatic rings. The first-order chi connectivity index (χ1) is 6.68. The molecule has 1 aromatic carbocycles. The van der Waals surface area contributed by atoms with Crippen LogP contribution in [-0.2, 0) is 0 Å². The molecule has 0 radical (unpaired) electrons. The van der Waals surface area contributed by atoms with Crippen LogP contribution in [-0.4, -0.2) is 24.5 Å². The molecule has 2 nitrogen and oxygen atoms in total. The van der Waals surface area contributed by atoms with Gasteiger partial charge in [0.25, 0.3) is 0 Å². The third-order valence-corrected chi connectivity index (χ3v) is 2.91. The predicted molar refractivity (Wildman–Crippen MR) is 54.4 cm³/mol. The maximum Gasteiger partial charge on any atom is 0.123 e. The second-order valence-electron chi connectivity index (χ2n) is 3.93. The summed E-state index contributed by atoms with van der Waals surface area (Å²) in [6, 6.07) is 7.05. The van der Waals surface area contributed by atoms with Crippen LogP contribution in [0.15, 0.2) is 24.3 Å². The van der Waals surface area contributed by atoms with Gasteiger partial charge in [-0.1, -0.05) is 12.1 Å². The molecule has 76 valence electrons. The van der Waals surface area contributed by atoms with E-state index in [2.05, 4.69) is 11.9 Å². The predicted octanol–water partition coefficient (Wildman–Crippen LogP) is 1.53. The zero-order chi connectivity index (χ0) is 10.1. The van der Waals surface area contributed by atoms with Crippen molar-refractivity contribution < 1.29 is 4.39 Å². The molecule has 1 heterocycles. The van der Waals surface area contributed by atoms with Gasteiger partial charge in [0.05, 0.1) is 0 Å². The number of likely N-dealkylation sites (tertiary alicyclic amines) is 1. The van der Waals surface area contributed by atoms with E-state index in [1.165, 1.54) is 12.1 Å². The number of likely N-dealkylation sites (N-methyl/N-ethyl adjacent to an activating group) is 1. The molecule has 1 saturated heterocycles. The first-order valence-corrected chi connectivity index (χ1v) is 4.90. The van der Waals surface area contributed by atoms with Gasteiger partial charge >= 0.3 is 0 Å². The highest BCUT2D eigenvalue weighted by Crippen LogP contribution is 2.29. The van der Waals surface area contributed by atoms with Crippen LogP contribution in [0, 0.1) is 5.82 Å². The zero-order valence-electron chi connectivity index (χ0n) is 8.28. The molecular weight excluding hydrogens is 179 g/mol. The van der Waals surface area contributed by atoms with Crippen molar-refractivity contribution in [3.63, 3.8) is 0 Å². The SMILES string of the molecule is CN1CC[C@@H](N)[C@H]1c1ccc(F)cc1. The minimum Gasteiger partial charge on any atom is -0.326 e. The molecule has 0 aromatic heterocycles. The van der Waals surface area contributed by atoms with Gasteiger partial charge in [0.2, 0.25) is 0 Å². The second kappa shape index (κ2) is 3.67. The first-order valence-electron chi connectivity index (χ1n) is 4.90. The van der Waals surface area contributed by atoms with Crippen molar-refractivity contribution in [1.29, 1.82) is 0 Å². The van der Waals surface area contributed by atoms with Crippen LogP contribution in [0.3, 0.4) is 0 Å². The van der Waals surface area contributed by atoms with Crippen molar-refractivity contribution in [3.8, 4) is 0 Å². The number of nitrogens with zero attached hydrogens (tertiary/aromatic N) is 1. The molecule has 0 unspecified atom stereocenters. The quantitative estimate of drug-likeness (QED) is 0.734. The Morgan fingerprint density at radius 1 is 1.36 bits per heavy atom. The number of nitrogens with two attached hydrogens (primary N) is 1. The third-order valence-electron chi connectivity index (χ3n) is 2.91. The molecule has 0 saturated carbocycles. The summed E-state index contributed by atoms with van der Waals surface area (Å²) < 4.78 is 12.7. The fourth-order valence-corrected chi connectivity index (χ4v) is 2.14. The van der Waals surface area contributed by atoms with Gasteiger partial charge in [-0.15, -0.1) is 0 Å². The molecule has 0 spiro atoms. The molecule has 14 heavy (non-hydrogen) atoms. The van der Waals surface area contributed by atoms with Gasteiger partial charge in [-0.3, -0.25) is 4.90 Å². The van der Waals surface area contributed by atoms with Gasteiger partial charge < -0.3 is 5.73 Å². The van der Waals surface area contributed by atoms with Crippen LogP contribution >= 0.6 is 0 Å². The summed E-state index contributed by atoms with van der Waals surface area (Å²) in [7, 11) is 2.06. The van der Waals surface area contributed by atoms with Gasteiger partial charge in [0, 0.05) is 18.6 Å². The van der Waals surface area contributed by atoms with E-state index in [0.29, 0.717) is 0 Å². The molecule has 0 aliphatic carbocycles. The lowest BCUT2D eigenvalue weighted by Crippen LogP contribution is -2.29. The van der Waals surface area contributed by atoms with Crippen molar-refractivity contribution in [2.75, 3.05) is 13.6 Å². The van der Waals surface area contributed by atoms with Crippen molar-refractivity contribution in [2.45, 2.75) is 18.5 Å². The molecule has 0 amide bonds. The van der Waals surface area contributed by atoms with Gasteiger partial charge in [0.1, 0.15) is 5.82 Å². The standard InChI is InChI=1S/C11H15FN2/c1-14-7-6-10(13)11(14)8-2-4-9(12)5-3-8/h2-5,10-11H,6-7,13H2,1H3/t10-,11-/m1/s1. The number of benzene rings is 1. The Balaban J connectivity index is 2.25. The minimum atomic E-state index is -0.192. The van der Waals surface area contributed by atoms with Crippen LogP contribution in [0.25, 0.3) is 0 Å². The lowest BCUT2D eigenvalue weighted by atomic mass is 10.0. The Kier molecular flexibility index (Phi) is 2.52. The number of hydrogen-bond acceptors (Lipinski definition) is 2. The van der Waals surface area contributed by atoms with E-state index < -0.39 is 0 Å². The maximum absolute atomic E-state index is 12.7. The van der Waals surface area contributed by atoms with E-state index in [1.807, 2.05) is 12.1 Å². The summed E-state index contributed by atoms with van der Waals surface area (Å²) in [4.78, 5) is 2.22. The van der Waals surface area contributed by atoms with Crippen LogP contribution in [0.1, 0.15) is 18.0 Å². The van der Waals surface area contributed by atoms with E-state index in [1.54, 1.807) is 0 Å². The minimum absolute atomic E-state index is 0.172. The Hall–Kier alpha value is -0.930. The average molecular weight is 194 g/mol. The molecule has 2 rings (SSSR count). The summed E-state index contributed by atoms with van der Waals surface area (Å²) in [5, 5.41) is 0. The fraction of sp³-hybridized carbons (Fsp3) is 0.455. The zero-order valence-corrected chi connectivity index (χ0v) is 8.28. The monoisotopic (exact) mass is 194 g/mol. The Bertz CT molecular complexity index is 300. The van der Waals surface area contributed by atoms with Crippen molar-refractivity contribution >= 4 is 0 Å². The highest BCUT2D eigenvalue weighted by Gasteiger charge is 2.29. The number of hydrogen-bond donors (Lipinski definition) is 1. The summed E-state index contributed by atoms with van der Waals surface area (Å²) in [6.07, 6.45) is 1.01. The summed E-state index contributed by atoms with van der Waals surface area (Å²) in [5.74, 6) is -0.192. The lowest BCUT2D eigenvalue weighted by Gasteiger charge is -2.23. The van der Waals surface area contributed by atoms with E-state index >= 15 is 0 Å². The smallest absolute Gasteiger partial charge is 0.123 e. The second-order valence-corrected chi connectivity index (χ2v) is 3.93. The fourth-order valence-electron chi connectivity index (χ4n) is 2.14. The Morgan fingerprint density at radius 3 is 2.50 bits per heavy atom. The van der Waals surface area contributed by atoms with Gasteiger partial charge in [-0.2, -0.15) is 0 Å². The molecule has 3 heteroatoms. The van der Waals surface area contributed by atoms with Crippen molar-refractivity contribution in [3.05, 3.63) is 35.6 Å². The topological polar surface area (TPSA) is 29.3 Å². The maximum atomic E-state index is 12.7. The molecule has 1 aromatic rings. The van der Waals surface area contributed by atoms with Crippen LogP contribution < -0.4 is 5.73 Å². The molecule has 1 aliphatic heterocycles. The summed E-state index contributed by atoms with van der Waals surface area (Å²) >= 11 is 0. The number of halogens is 1. The van der Waals surface area contributed by atoms with E-state index in [9.17, 15) is 4.39 Å². The van der Waals surface area contributed by atoms with Crippen LogP contribution in [0.4, 0.5) is 4.39 Å². The lowest BCUT2D eigenvalue weighted by molar-refractivity contribution is 0.304. The largest absolute Gasteiger partial charge is 0.326 e. The molecule has 2 N–H and O–H groups in total. The number of rotatable bonds is 1. The van der Waals surface area contributed by atoms with Gasteiger partial charge in [0.15, 0.2) is 0 Å². The Labute approximate surface area is 83.5 Å². The normalized spacial score (nSPS) is 28.2. The van der Waals surface area contributed by atoms with Crippen molar-refractivity contribution in [2.24, 2.45) is 5.73 Å². The highest BCUT2D eigenvalue weighted by atomic mass is 19.1. The molecule has 2 atom stereocenters. The van der Waals surface area contributed by atoms with E-state index in [4.69, 9.17) is 5.73 Å². The molecule has 1 fully saturated rings. The van der Waals surface area contributed by atoms with Crippen LogP contribution in [0.2, 0.25) is 0 Å². The Morgan fingerprint density at radius 2 is 2.00 bits per heavy atom. The summed E-state index contributed by atoms with van der Waals surface area (Å²) in [5.41, 5.74) is 7.11. The van der Waals surface area contributed by atoms with E-state index in [-0.39, 0.29) is 17.9 Å². The first kappa shape index (κ1) is 9.62. The molecule has 0 bridgehead atoms. The van der Waals surface area contributed by atoms with Gasteiger partial charge in [-0.25, -0.2) is 4.39 Å². The molecular formula is C11H15FN2.